The van der Waals surface area contributed by atoms with E-state index in [9.17, 15) is 0 Å². The van der Waals surface area contributed by atoms with Crippen molar-refractivity contribution in [3.8, 4) is 0 Å². The Morgan fingerprint density at radius 2 is 1.94 bits per heavy atom. The van der Waals surface area contributed by atoms with Gasteiger partial charge in [-0.05, 0) is 32.0 Å². The van der Waals surface area contributed by atoms with Crippen LogP contribution in [0.15, 0.2) is 35.6 Å². The predicted molar refractivity (Wildman–Crippen MR) is 67.0 cm³/mol. The molecular weight excluding hydrogens is 214 g/mol. The molecule has 1 N–H and O–H groups in total. The average molecular weight is 227 g/mol. The molecule has 0 fully saturated rings. The van der Waals surface area contributed by atoms with Gasteiger partial charge in [0.2, 0.25) is 5.95 Å². The van der Waals surface area contributed by atoms with Gasteiger partial charge in [0.25, 0.3) is 0 Å². The molecule has 0 atom stereocenters. The van der Waals surface area contributed by atoms with Crippen LogP contribution in [0, 0.1) is 13.8 Å². The normalized spacial score (nSPS) is 10.7. The van der Waals surface area contributed by atoms with Gasteiger partial charge in [-0.25, -0.2) is 15.4 Å². The quantitative estimate of drug-likeness (QED) is 0.643. The van der Waals surface area contributed by atoms with Crippen LogP contribution in [0.5, 0.6) is 0 Å². The maximum absolute atomic E-state index is 4.21. The zero-order chi connectivity index (χ0) is 12.1. The van der Waals surface area contributed by atoms with Crippen molar-refractivity contribution in [2.45, 2.75) is 13.8 Å². The van der Waals surface area contributed by atoms with Crippen molar-refractivity contribution >= 4 is 12.2 Å². The minimum absolute atomic E-state index is 0.495. The molecule has 0 unspecified atom stereocenters. The minimum Gasteiger partial charge on any atom is -0.255 e. The van der Waals surface area contributed by atoms with E-state index >= 15 is 0 Å². The van der Waals surface area contributed by atoms with Crippen molar-refractivity contribution in [3.63, 3.8) is 0 Å². The maximum Gasteiger partial charge on any atom is 0.243 e. The molecule has 0 amide bonds. The molecule has 0 radical (unpaired) electrons. The Labute approximate surface area is 99.7 Å². The van der Waals surface area contributed by atoms with Crippen LogP contribution in [0.1, 0.15) is 17.1 Å². The van der Waals surface area contributed by atoms with Gasteiger partial charge in [0.1, 0.15) is 0 Å². The number of pyridine rings is 1. The highest BCUT2D eigenvalue weighted by Gasteiger charge is 1.96. The Kier molecular flexibility index (Phi) is 3.40. The predicted octanol–water partition coefficient (Wildman–Crippen LogP) is 1.93. The van der Waals surface area contributed by atoms with Crippen molar-refractivity contribution in [1.29, 1.82) is 0 Å². The Balaban J connectivity index is 2.05. The van der Waals surface area contributed by atoms with Crippen LogP contribution >= 0.6 is 0 Å². The van der Waals surface area contributed by atoms with Crippen molar-refractivity contribution in [1.82, 2.24) is 15.0 Å². The molecule has 0 aromatic carbocycles. The Bertz CT molecular complexity index is 501. The van der Waals surface area contributed by atoms with Gasteiger partial charge in [-0.2, -0.15) is 5.10 Å². The number of aromatic nitrogens is 3. The second kappa shape index (κ2) is 5.16. The monoisotopic (exact) mass is 227 g/mol. The van der Waals surface area contributed by atoms with E-state index in [4.69, 9.17) is 0 Å². The second-order valence-electron chi connectivity index (χ2n) is 3.60. The molecule has 0 saturated carbocycles. The highest BCUT2D eigenvalue weighted by atomic mass is 15.3. The molecule has 0 aliphatic carbocycles. The lowest BCUT2D eigenvalue weighted by Crippen LogP contribution is -2.00. The van der Waals surface area contributed by atoms with Crippen LogP contribution < -0.4 is 5.43 Å². The highest BCUT2D eigenvalue weighted by molar-refractivity contribution is 5.77. The number of nitrogens with zero attached hydrogens (tertiary/aromatic N) is 4. The van der Waals surface area contributed by atoms with Crippen LogP contribution in [0.3, 0.4) is 0 Å². The molecule has 0 spiro atoms. The summed E-state index contributed by atoms with van der Waals surface area (Å²) >= 11 is 0. The lowest BCUT2D eigenvalue weighted by molar-refractivity contribution is 1.03. The number of anilines is 1. The van der Waals surface area contributed by atoms with Crippen molar-refractivity contribution < 1.29 is 0 Å². The van der Waals surface area contributed by atoms with Gasteiger partial charge in [0, 0.05) is 17.6 Å². The van der Waals surface area contributed by atoms with Crippen LogP contribution in [0.25, 0.3) is 0 Å². The highest BCUT2D eigenvalue weighted by Crippen LogP contribution is 2.03. The summed E-state index contributed by atoms with van der Waals surface area (Å²) in [6, 6.07) is 7.54. The largest absolute Gasteiger partial charge is 0.255 e. The third-order valence-electron chi connectivity index (χ3n) is 2.03. The van der Waals surface area contributed by atoms with Gasteiger partial charge in [0.05, 0.1) is 11.9 Å². The van der Waals surface area contributed by atoms with E-state index < -0.39 is 0 Å². The van der Waals surface area contributed by atoms with Crippen LogP contribution in [-0.2, 0) is 0 Å². The van der Waals surface area contributed by atoms with Gasteiger partial charge < -0.3 is 0 Å². The fraction of sp³-hybridized carbons (Fsp3) is 0.167. The summed E-state index contributed by atoms with van der Waals surface area (Å²) in [6.45, 7) is 3.84. The summed E-state index contributed by atoms with van der Waals surface area (Å²) in [6.07, 6.45) is 3.34. The van der Waals surface area contributed by atoms with E-state index in [0.717, 1.165) is 17.1 Å². The second-order valence-corrected chi connectivity index (χ2v) is 3.60. The van der Waals surface area contributed by atoms with Gasteiger partial charge in [-0.1, -0.05) is 6.07 Å². The number of hydrogen-bond donors (Lipinski definition) is 1. The molecule has 5 heteroatoms. The fourth-order valence-corrected chi connectivity index (χ4v) is 1.38. The summed E-state index contributed by atoms with van der Waals surface area (Å²) in [5.41, 5.74) is 5.38. The van der Waals surface area contributed by atoms with Crippen LogP contribution in [0.4, 0.5) is 5.95 Å². The first-order chi connectivity index (χ1) is 8.24. The third kappa shape index (κ3) is 3.34. The average Bonchev–Trinajstić information content (AvgIpc) is 2.29. The first-order valence-electron chi connectivity index (χ1n) is 5.26. The summed E-state index contributed by atoms with van der Waals surface area (Å²) in [7, 11) is 0. The smallest absolute Gasteiger partial charge is 0.243 e. The molecule has 0 saturated heterocycles. The zero-order valence-corrected chi connectivity index (χ0v) is 9.75. The molecule has 0 aliphatic rings. The Hall–Kier alpha value is -2.30. The van der Waals surface area contributed by atoms with E-state index in [-0.39, 0.29) is 0 Å². The topological polar surface area (TPSA) is 63.1 Å². The zero-order valence-electron chi connectivity index (χ0n) is 9.75. The Morgan fingerprint density at radius 1 is 1.18 bits per heavy atom. The number of hydrogen-bond acceptors (Lipinski definition) is 5. The first-order valence-corrected chi connectivity index (χ1v) is 5.26. The lowest BCUT2D eigenvalue weighted by Gasteiger charge is -2.01. The standard InChI is InChI=1S/C12H13N5/c1-9-7-10(2)16-12(15-9)17-14-8-11-5-3-4-6-13-11/h3-8H,1-2H3,(H,15,16,17). The van der Waals surface area contributed by atoms with Gasteiger partial charge in [-0.15, -0.1) is 0 Å². The molecular formula is C12H13N5. The van der Waals surface area contributed by atoms with Crippen molar-refractivity contribution in [3.05, 3.63) is 47.5 Å². The summed E-state index contributed by atoms with van der Waals surface area (Å²) < 4.78 is 0. The summed E-state index contributed by atoms with van der Waals surface area (Å²) in [5.74, 6) is 0.495. The third-order valence-corrected chi connectivity index (χ3v) is 2.03. The minimum atomic E-state index is 0.495. The molecule has 2 aromatic heterocycles. The SMILES string of the molecule is Cc1cc(C)nc(NN=Cc2ccccn2)n1. The van der Waals surface area contributed by atoms with Crippen molar-refractivity contribution in [2.24, 2.45) is 5.10 Å². The summed E-state index contributed by atoms with van der Waals surface area (Å²) in [4.78, 5) is 12.5. The number of hydrazone groups is 1. The molecule has 5 nitrogen and oxygen atoms in total. The van der Waals surface area contributed by atoms with Crippen LogP contribution in [-0.4, -0.2) is 21.2 Å². The number of rotatable bonds is 3. The Morgan fingerprint density at radius 3 is 2.59 bits per heavy atom. The molecule has 86 valence electrons. The molecule has 0 bridgehead atoms. The molecule has 2 rings (SSSR count). The van der Waals surface area contributed by atoms with E-state index in [1.807, 2.05) is 38.1 Å². The molecule has 2 heterocycles. The van der Waals surface area contributed by atoms with Gasteiger partial charge in [0.15, 0.2) is 0 Å². The van der Waals surface area contributed by atoms with Gasteiger partial charge in [-0.3, -0.25) is 4.98 Å². The van der Waals surface area contributed by atoms with Crippen LogP contribution in [0.2, 0.25) is 0 Å². The summed E-state index contributed by atoms with van der Waals surface area (Å²) in [5, 5.41) is 4.03. The van der Waals surface area contributed by atoms with E-state index in [2.05, 4.69) is 25.5 Å². The molecule has 0 aliphatic heterocycles. The maximum atomic E-state index is 4.21. The molecule has 17 heavy (non-hydrogen) atoms. The molecule has 2 aromatic rings. The van der Waals surface area contributed by atoms with Crippen molar-refractivity contribution in [2.75, 3.05) is 5.43 Å². The first kappa shape index (κ1) is 11.2. The van der Waals surface area contributed by atoms with Gasteiger partial charge >= 0.3 is 0 Å². The number of nitrogens with one attached hydrogen (secondary N) is 1. The fourth-order valence-electron chi connectivity index (χ4n) is 1.38. The van der Waals surface area contributed by atoms with E-state index in [1.54, 1.807) is 12.4 Å². The lowest BCUT2D eigenvalue weighted by atomic mass is 10.4. The van der Waals surface area contributed by atoms with E-state index in [1.165, 1.54) is 0 Å². The van der Waals surface area contributed by atoms with E-state index in [0.29, 0.717) is 5.95 Å². The number of aryl methyl sites for hydroxylation is 2.